The van der Waals surface area contributed by atoms with Gasteiger partial charge in [0.2, 0.25) is 5.91 Å². The van der Waals surface area contributed by atoms with Gasteiger partial charge in [0.05, 0.1) is 0 Å². The van der Waals surface area contributed by atoms with Crippen molar-refractivity contribution in [3.8, 4) is 0 Å². The Morgan fingerprint density at radius 1 is 1.27 bits per heavy atom. The molecule has 142 valence electrons. The summed E-state index contributed by atoms with van der Waals surface area (Å²) in [5.74, 6) is 1.02. The third kappa shape index (κ3) is 3.58. The second-order valence-corrected chi connectivity index (χ2v) is 8.55. The molecule has 2 N–H and O–H groups in total. The number of nitrogens with two attached hydrogens (primary N) is 1. The van der Waals surface area contributed by atoms with Gasteiger partial charge in [-0.1, -0.05) is 6.07 Å². The molecule has 0 saturated carbocycles. The Bertz CT molecular complexity index is 655. The minimum atomic E-state index is 0.325. The predicted molar refractivity (Wildman–Crippen MR) is 102 cm³/mol. The smallest absolute Gasteiger partial charge is 0.222 e. The molecule has 0 aromatic carbocycles. The molecule has 26 heavy (non-hydrogen) atoms. The number of hydrogen-bond donors (Lipinski definition) is 1. The summed E-state index contributed by atoms with van der Waals surface area (Å²) >= 11 is 0. The Morgan fingerprint density at radius 2 is 2.08 bits per heavy atom. The third-order valence-electron chi connectivity index (χ3n) is 6.74. The fourth-order valence-corrected chi connectivity index (χ4v) is 4.96. The van der Waals surface area contributed by atoms with Crippen molar-refractivity contribution in [3.63, 3.8) is 0 Å². The summed E-state index contributed by atoms with van der Waals surface area (Å²) in [7, 11) is 2.16. The molecule has 3 saturated heterocycles. The van der Waals surface area contributed by atoms with E-state index >= 15 is 0 Å². The molecular weight excluding hydrogens is 326 g/mol. The highest BCUT2D eigenvalue weighted by molar-refractivity contribution is 5.77. The van der Waals surface area contributed by atoms with Crippen LogP contribution in [0.2, 0.25) is 0 Å². The van der Waals surface area contributed by atoms with Crippen LogP contribution in [-0.4, -0.2) is 71.4 Å². The van der Waals surface area contributed by atoms with Gasteiger partial charge in [-0.25, -0.2) is 4.98 Å². The van der Waals surface area contributed by atoms with Crippen molar-refractivity contribution in [2.75, 3.05) is 45.5 Å². The van der Waals surface area contributed by atoms with Crippen LogP contribution in [0, 0.1) is 5.41 Å². The number of likely N-dealkylation sites (tertiary alicyclic amines) is 3. The fourth-order valence-electron chi connectivity index (χ4n) is 4.96. The molecule has 1 spiro atoms. The Labute approximate surface area is 156 Å². The van der Waals surface area contributed by atoms with Crippen molar-refractivity contribution >= 4 is 11.7 Å². The molecule has 3 aliphatic rings. The number of carbonyl (C=O) groups excluding carboxylic acids is 1. The van der Waals surface area contributed by atoms with Gasteiger partial charge < -0.3 is 15.5 Å². The summed E-state index contributed by atoms with van der Waals surface area (Å²) in [5, 5.41) is 0. The molecule has 1 aromatic rings. The number of hydrogen-bond acceptors (Lipinski definition) is 5. The summed E-state index contributed by atoms with van der Waals surface area (Å²) in [6.07, 6.45) is 7.03. The maximum Gasteiger partial charge on any atom is 0.222 e. The molecule has 1 atom stereocenters. The maximum absolute atomic E-state index is 12.5. The zero-order valence-corrected chi connectivity index (χ0v) is 15.9. The zero-order chi connectivity index (χ0) is 18.1. The molecule has 0 bridgehead atoms. The molecule has 3 aliphatic heterocycles. The van der Waals surface area contributed by atoms with Crippen LogP contribution in [0.25, 0.3) is 0 Å². The van der Waals surface area contributed by atoms with Gasteiger partial charge in [-0.15, -0.1) is 0 Å². The van der Waals surface area contributed by atoms with Crippen molar-refractivity contribution in [1.82, 2.24) is 19.7 Å². The SMILES string of the molecule is CN1CC[C@H](N2CC3(CCC2=O)CCN(Cc2cccnc2N)CC3)C1. The summed E-state index contributed by atoms with van der Waals surface area (Å²) in [6, 6.07) is 4.46. The highest BCUT2D eigenvalue weighted by Gasteiger charge is 2.43. The first-order valence-corrected chi connectivity index (χ1v) is 9.94. The molecule has 1 amide bonds. The lowest BCUT2D eigenvalue weighted by Gasteiger charge is -2.49. The van der Waals surface area contributed by atoms with Crippen LogP contribution in [-0.2, 0) is 11.3 Å². The van der Waals surface area contributed by atoms with Gasteiger partial charge in [-0.3, -0.25) is 9.69 Å². The fraction of sp³-hybridized carbons (Fsp3) is 0.700. The average molecular weight is 358 g/mol. The topological polar surface area (TPSA) is 65.7 Å². The second-order valence-electron chi connectivity index (χ2n) is 8.55. The van der Waals surface area contributed by atoms with Crippen molar-refractivity contribution in [2.45, 2.75) is 44.7 Å². The molecule has 4 rings (SSSR count). The van der Waals surface area contributed by atoms with E-state index in [2.05, 4.69) is 32.8 Å². The number of nitrogen functional groups attached to an aromatic ring is 1. The molecule has 0 unspecified atom stereocenters. The first-order chi connectivity index (χ1) is 12.5. The largest absolute Gasteiger partial charge is 0.383 e. The van der Waals surface area contributed by atoms with Crippen LogP contribution in [0.4, 0.5) is 5.82 Å². The van der Waals surface area contributed by atoms with Gasteiger partial charge in [-0.2, -0.15) is 0 Å². The minimum absolute atomic E-state index is 0.325. The Balaban J connectivity index is 1.37. The van der Waals surface area contributed by atoms with Crippen LogP contribution >= 0.6 is 0 Å². The molecule has 3 fully saturated rings. The van der Waals surface area contributed by atoms with Crippen molar-refractivity contribution in [1.29, 1.82) is 0 Å². The lowest BCUT2D eigenvalue weighted by molar-refractivity contribution is -0.142. The monoisotopic (exact) mass is 357 g/mol. The van der Waals surface area contributed by atoms with E-state index < -0.39 is 0 Å². The number of carbonyl (C=O) groups is 1. The van der Waals surface area contributed by atoms with E-state index in [-0.39, 0.29) is 0 Å². The molecule has 0 aliphatic carbocycles. The van der Waals surface area contributed by atoms with Crippen LogP contribution in [0.5, 0.6) is 0 Å². The quantitative estimate of drug-likeness (QED) is 0.890. The summed E-state index contributed by atoms with van der Waals surface area (Å²) in [5.41, 5.74) is 7.45. The Kier molecular flexibility index (Phi) is 4.88. The molecule has 6 heteroatoms. The molecule has 6 nitrogen and oxygen atoms in total. The number of likely N-dealkylation sites (N-methyl/N-ethyl adjacent to an activating group) is 1. The van der Waals surface area contributed by atoms with Crippen LogP contribution < -0.4 is 5.73 Å². The number of rotatable bonds is 3. The van der Waals surface area contributed by atoms with Gasteiger partial charge in [0.25, 0.3) is 0 Å². The Hall–Kier alpha value is -1.66. The summed E-state index contributed by atoms with van der Waals surface area (Å²) in [6.45, 7) is 6.16. The van der Waals surface area contributed by atoms with E-state index in [9.17, 15) is 4.79 Å². The molecule has 0 radical (unpaired) electrons. The normalized spacial score (nSPS) is 27.3. The van der Waals surface area contributed by atoms with E-state index in [1.165, 1.54) is 12.8 Å². The number of anilines is 1. The number of piperidine rings is 2. The standard InChI is InChI=1S/C20H31N5O/c1-23-10-5-17(14-23)25-15-20(6-4-18(25)26)7-11-24(12-8-20)13-16-3-2-9-22-19(16)21/h2-3,9,17H,4-8,10-15H2,1H3,(H2,21,22)/t17-/m0/s1. The number of nitrogens with zero attached hydrogens (tertiary/aromatic N) is 4. The third-order valence-corrected chi connectivity index (χ3v) is 6.74. The van der Waals surface area contributed by atoms with E-state index in [0.717, 1.165) is 64.1 Å². The van der Waals surface area contributed by atoms with Gasteiger partial charge in [0.15, 0.2) is 0 Å². The highest BCUT2D eigenvalue weighted by Crippen LogP contribution is 2.41. The van der Waals surface area contributed by atoms with Crippen LogP contribution in [0.15, 0.2) is 18.3 Å². The molecular formula is C20H31N5O. The van der Waals surface area contributed by atoms with Crippen molar-refractivity contribution in [2.24, 2.45) is 5.41 Å². The minimum Gasteiger partial charge on any atom is -0.383 e. The van der Waals surface area contributed by atoms with Crippen LogP contribution in [0.3, 0.4) is 0 Å². The number of aromatic nitrogens is 1. The maximum atomic E-state index is 12.5. The highest BCUT2D eigenvalue weighted by atomic mass is 16.2. The first-order valence-electron chi connectivity index (χ1n) is 9.94. The molecule has 1 aromatic heterocycles. The van der Waals surface area contributed by atoms with E-state index in [1.807, 2.05) is 6.07 Å². The van der Waals surface area contributed by atoms with Crippen LogP contribution in [0.1, 0.15) is 37.7 Å². The molecule has 4 heterocycles. The first kappa shape index (κ1) is 17.7. The number of pyridine rings is 1. The van der Waals surface area contributed by atoms with Gasteiger partial charge in [0, 0.05) is 43.9 Å². The summed E-state index contributed by atoms with van der Waals surface area (Å²) in [4.78, 5) is 23.8. The van der Waals surface area contributed by atoms with Gasteiger partial charge in [0.1, 0.15) is 5.82 Å². The summed E-state index contributed by atoms with van der Waals surface area (Å²) < 4.78 is 0. The lowest BCUT2D eigenvalue weighted by Crippen LogP contribution is -2.54. The zero-order valence-electron chi connectivity index (χ0n) is 15.9. The van der Waals surface area contributed by atoms with E-state index in [4.69, 9.17) is 5.73 Å². The predicted octanol–water partition coefficient (Wildman–Crippen LogP) is 1.57. The van der Waals surface area contributed by atoms with Gasteiger partial charge in [-0.05, 0) is 63.8 Å². The van der Waals surface area contributed by atoms with E-state index in [0.29, 0.717) is 23.2 Å². The van der Waals surface area contributed by atoms with Gasteiger partial charge >= 0.3 is 0 Å². The van der Waals surface area contributed by atoms with Crippen molar-refractivity contribution in [3.05, 3.63) is 23.9 Å². The Morgan fingerprint density at radius 3 is 2.77 bits per heavy atom. The van der Waals surface area contributed by atoms with E-state index in [1.54, 1.807) is 6.20 Å². The second kappa shape index (κ2) is 7.16. The lowest BCUT2D eigenvalue weighted by atomic mass is 9.72. The number of amides is 1. The van der Waals surface area contributed by atoms with Crippen molar-refractivity contribution < 1.29 is 4.79 Å². The average Bonchev–Trinajstić information content (AvgIpc) is 3.07.